The van der Waals surface area contributed by atoms with E-state index in [9.17, 15) is 19.8 Å². The molecule has 0 radical (unpaired) electrons. The van der Waals surface area contributed by atoms with Gasteiger partial charge in [-0.15, -0.1) is 0 Å². The Bertz CT molecular complexity index is 3620. The van der Waals surface area contributed by atoms with Crippen molar-refractivity contribution < 1.29 is 73.9 Å². The molecule has 8 heterocycles. The molecule has 2 aliphatic heterocycles. The number of alkyl halides is 4. The van der Waals surface area contributed by atoms with Crippen molar-refractivity contribution in [1.29, 1.82) is 0 Å². The number of methoxy groups -OCH3 is 2. The topological polar surface area (TPSA) is 335 Å². The van der Waals surface area contributed by atoms with Crippen LogP contribution in [-0.2, 0) is 32.2 Å². The molecule has 2 fully saturated rings. The molecule has 2 aromatic carbocycles. The highest BCUT2D eigenvalue weighted by Crippen LogP contribution is 2.40. The molecule has 454 valence electrons. The number of nitrogen functional groups attached to an aromatic ring is 2. The molecule has 2 unspecified atom stereocenters. The third-order valence-corrected chi connectivity index (χ3v) is 15.2. The molecule has 6 aromatic heterocycles. The molecule has 0 spiro atoms. The fourth-order valence-electron chi connectivity index (χ4n) is 11.1. The number of halogens is 8. The highest BCUT2D eigenvalue weighted by atomic mass is 19.3. The van der Waals surface area contributed by atoms with Gasteiger partial charge in [-0.1, -0.05) is 0 Å². The van der Waals surface area contributed by atoms with Gasteiger partial charge >= 0.3 is 11.9 Å². The van der Waals surface area contributed by atoms with E-state index in [1.807, 2.05) is 0 Å². The summed E-state index contributed by atoms with van der Waals surface area (Å²) in [5.41, 5.74) is 22.5. The molecule has 0 saturated carbocycles. The largest absolute Gasteiger partial charge is 0.494 e. The van der Waals surface area contributed by atoms with E-state index in [2.05, 4.69) is 39.9 Å². The van der Waals surface area contributed by atoms with Gasteiger partial charge in [0.1, 0.15) is 47.5 Å². The number of hydrogen-bond donors (Lipinski definition) is 6. The van der Waals surface area contributed by atoms with Gasteiger partial charge in [-0.05, 0) is 61.1 Å². The number of aromatic nitrogens is 10. The molecule has 24 nitrogen and oxygen atoms in total. The number of nitrogens with zero attached hydrogens (tertiary/aromatic N) is 12. The molecule has 2 saturated heterocycles. The predicted molar refractivity (Wildman–Crippen MR) is 291 cm³/mol. The summed E-state index contributed by atoms with van der Waals surface area (Å²) in [7, 11) is 2.31. The van der Waals surface area contributed by atoms with Crippen LogP contribution in [0.5, 0.6) is 11.5 Å². The molecule has 0 bridgehead atoms. The minimum atomic E-state index is -3.65. The summed E-state index contributed by atoms with van der Waals surface area (Å²) in [5, 5.41) is 21.2. The summed E-state index contributed by atoms with van der Waals surface area (Å²) in [4.78, 5) is 63.2. The number of nitrogens with two attached hydrogens (primary N) is 4. The fraction of sp³-hybridized carbons (Fsp3) is 0.370. The van der Waals surface area contributed by atoms with Crippen molar-refractivity contribution in [1.82, 2.24) is 49.0 Å². The Morgan fingerprint density at radius 2 is 0.977 bits per heavy atom. The molecular weight excluding hydrogens is 1150 g/mol. The molecule has 0 aliphatic carbocycles. The predicted octanol–water partition coefficient (Wildman–Crippen LogP) is 5.43. The number of imidazole rings is 2. The summed E-state index contributed by atoms with van der Waals surface area (Å²) >= 11 is 0. The van der Waals surface area contributed by atoms with Crippen molar-refractivity contribution >= 4 is 57.3 Å². The first kappa shape index (κ1) is 60.0. The van der Waals surface area contributed by atoms with E-state index in [1.54, 1.807) is 9.13 Å². The van der Waals surface area contributed by atoms with Crippen molar-refractivity contribution in [2.24, 2.45) is 11.5 Å². The molecule has 86 heavy (non-hydrogen) atoms. The number of carboxylic acids is 2. The van der Waals surface area contributed by atoms with Gasteiger partial charge in [0.15, 0.2) is 58.3 Å². The zero-order valence-corrected chi connectivity index (χ0v) is 45.5. The second kappa shape index (κ2) is 24.1. The van der Waals surface area contributed by atoms with Gasteiger partial charge in [0.05, 0.1) is 86.2 Å². The zero-order valence-electron chi connectivity index (χ0n) is 45.5. The number of pyridine rings is 2. The molecule has 6 atom stereocenters. The average Bonchev–Trinajstić information content (AvgIpc) is 1.60. The van der Waals surface area contributed by atoms with Crippen LogP contribution in [0, 0.1) is 23.3 Å². The Balaban J connectivity index is 0.940. The van der Waals surface area contributed by atoms with Crippen LogP contribution in [-0.4, -0.2) is 160 Å². The van der Waals surface area contributed by atoms with E-state index in [0.29, 0.717) is 11.1 Å². The van der Waals surface area contributed by atoms with E-state index >= 15 is 35.1 Å². The maximum Gasteiger partial charge on any atom is 0.336 e. The summed E-state index contributed by atoms with van der Waals surface area (Å²) in [6.07, 6.45) is -11.3. The number of anilines is 4. The number of benzene rings is 2. The van der Waals surface area contributed by atoms with Crippen molar-refractivity contribution in [2.75, 3.05) is 61.7 Å². The Labute approximate surface area is 481 Å². The maximum absolute atomic E-state index is 15.7. The van der Waals surface area contributed by atoms with E-state index in [-0.39, 0.29) is 131 Å². The molecule has 0 amide bonds. The third-order valence-electron chi connectivity index (χ3n) is 15.2. The van der Waals surface area contributed by atoms with E-state index in [1.165, 1.54) is 59.6 Å². The lowest BCUT2D eigenvalue weighted by atomic mass is 9.83. The number of hydrogen-bond acceptors (Lipinski definition) is 20. The van der Waals surface area contributed by atoms with Gasteiger partial charge in [-0.3, -0.25) is 9.97 Å². The van der Waals surface area contributed by atoms with Crippen LogP contribution in [0.25, 0.3) is 44.8 Å². The molecule has 32 heteroatoms. The first-order valence-electron chi connectivity index (χ1n) is 26.3. The van der Waals surface area contributed by atoms with Crippen molar-refractivity contribution in [3.63, 3.8) is 0 Å². The lowest BCUT2D eigenvalue weighted by Gasteiger charge is -2.47. The maximum atomic E-state index is 15.7. The van der Waals surface area contributed by atoms with Gasteiger partial charge in [0.2, 0.25) is 0 Å². The van der Waals surface area contributed by atoms with Crippen LogP contribution in [0.1, 0.15) is 36.8 Å². The Morgan fingerprint density at radius 1 is 0.581 bits per heavy atom. The number of aliphatic carboxylic acids is 2. The number of carbonyl (C=O) groups is 2. The van der Waals surface area contributed by atoms with Crippen molar-refractivity contribution in [3.05, 3.63) is 108 Å². The second-order valence-electron chi connectivity index (χ2n) is 20.8. The smallest absolute Gasteiger partial charge is 0.336 e. The molecular formula is C54H54F8N16O8. The number of ether oxygens (including phenoxy) is 4. The second-order valence-corrected chi connectivity index (χ2v) is 20.8. The summed E-state index contributed by atoms with van der Waals surface area (Å²) < 4.78 is 148. The molecule has 10 N–H and O–H groups in total. The standard InChI is InChI=1S/C54H54F8N16O8/c1-83-37-13-29(55)27(11-31(37)57)33-9-25(17-77-23-73-39-47(63)69-21-71-49(39)77)35(15-67-33)75-7-3-5-53(65,19-75)43(45(59)60)85-41(51(79)80)42(52(81)82)86-44(46(61)62)54(66)6-4-8-76(20-54)36-16-68-34(28-12-32(58)38(84-2)14-30(28)56)10-26(36)18-78-24-74-40-48(64)70-22-72-50(40)78/h9-16,21-24,41-46H,3-8,17-20,65-66H2,1-2H3,(H,79,80)(H,81,82)(H2,63,69,71)(H2,64,70,72)/t41?,42?,43-,44-,53-,54-/m1/s1. The summed E-state index contributed by atoms with van der Waals surface area (Å²) in [5.74, 6) is -8.71. The number of rotatable bonds is 21. The fourth-order valence-corrected chi connectivity index (χ4v) is 11.1. The Hall–Kier alpha value is -9.14. The normalized spacial score (nSPS) is 18.9. The first-order chi connectivity index (χ1) is 41.0. The zero-order chi connectivity index (χ0) is 61.5. The monoisotopic (exact) mass is 1210 g/mol. The summed E-state index contributed by atoms with van der Waals surface area (Å²) in [6, 6.07) is 6.22. The van der Waals surface area contributed by atoms with E-state index in [0.717, 1.165) is 38.5 Å². The van der Waals surface area contributed by atoms with Crippen LogP contribution in [0.3, 0.4) is 0 Å². The van der Waals surface area contributed by atoms with Gasteiger partial charge in [0.25, 0.3) is 12.9 Å². The van der Waals surface area contributed by atoms with E-state index in [4.69, 9.17) is 41.9 Å². The van der Waals surface area contributed by atoms with Crippen LogP contribution in [0.4, 0.5) is 58.1 Å². The van der Waals surface area contributed by atoms with E-state index < -0.39 is 96.6 Å². The van der Waals surface area contributed by atoms with Crippen LogP contribution >= 0.6 is 0 Å². The molecule has 2 aliphatic rings. The van der Waals surface area contributed by atoms with Gasteiger partial charge in [-0.2, -0.15) is 0 Å². The number of carboxylic acid groups (broad SMARTS) is 2. The summed E-state index contributed by atoms with van der Waals surface area (Å²) in [6.45, 7) is -1.18. The molecule has 10 rings (SSSR count). The van der Waals surface area contributed by atoms with Crippen LogP contribution < -0.4 is 42.2 Å². The Morgan fingerprint density at radius 3 is 1.34 bits per heavy atom. The number of piperidine rings is 2. The Kier molecular flexibility index (Phi) is 16.8. The minimum Gasteiger partial charge on any atom is -0.494 e. The lowest BCUT2D eigenvalue weighted by molar-refractivity contribution is -0.215. The molecule has 8 aromatic rings. The van der Waals surface area contributed by atoms with Crippen molar-refractivity contribution in [2.45, 2.75) is 87.1 Å². The van der Waals surface area contributed by atoms with Crippen molar-refractivity contribution in [3.8, 4) is 34.0 Å². The quantitative estimate of drug-likeness (QED) is 0.0489. The van der Waals surface area contributed by atoms with Crippen LogP contribution in [0.15, 0.2) is 74.1 Å². The first-order valence-corrected chi connectivity index (χ1v) is 26.3. The average molecular weight is 1210 g/mol. The van der Waals surface area contributed by atoms with Gasteiger partial charge < -0.3 is 71.0 Å². The van der Waals surface area contributed by atoms with Crippen LogP contribution in [0.2, 0.25) is 0 Å². The SMILES string of the molecule is COc1cc(F)c(-c2cc(Cn3cnc4c(N)ncnc43)c(N3CCC[C@](N)([C@H](OC(C(=O)O)C(O[C@H](C(F)F)[C@@]4(N)CCCN(c5cnc(-c6cc(F)c(OC)cc6F)cc5Cn5cnc6c(N)ncnc65)C4)C(=O)O)C(F)F)C3)cn2)cc1F. The van der Waals surface area contributed by atoms with Gasteiger partial charge in [0, 0.05) is 49.4 Å². The highest BCUT2D eigenvalue weighted by Gasteiger charge is 2.53. The lowest BCUT2D eigenvalue weighted by Crippen LogP contribution is -2.67. The minimum absolute atomic E-state index is 0.0232. The van der Waals surface area contributed by atoms with Gasteiger partial charge in [-0.25, -0.2) is 74.6 Å². The number of fused-ring (bicyclic) bond motifs is 2. The third kappa shape index (κ3) is 11.7. The highest BCUT2D eigenvalue weighted by molar-refractivity contribution is 5.84.